The Morgan fingerprint density at radius 2 is 1.45 bits per heavy atom. The molecule has 0 aromatic heterocycles. The van der Waals surface area contributed by atoms with Crippen molar-refractivity contribution in [1.82, 2.24) is 9.62 Å². The summed E-state index contributed by atoms with van der Waals surface area (Å²) in [5, 5.41) is 2.73. The molecular weight excluding hydrogens is 396 g/mol. The maximum atomic E-state index is 12.6. The van der Waals surface area contributed by atoms with Crippen LogP contribution in [0.1, 0.15) is 6.92 Å². The van der Waals surface area contributed by atoms with Crippen molar-refractivity contribution in [2.24, 2.45) is 0 Å². The lowest BCUT2D eigenvalue weighted by atomic mass is 10.3. The Morgan fingerprint density at radius 1 is 0.966 bits per heavy atom. The molecule has 9 heteroatoms. The molecule has 1 amide bonds. The minimum Gasteiger partial charge on any atom is -0.497 e. The van der Waals surface area contributed by atoms with E-state index in [0.717, 1.165) is 10.1 Å². The molecule has 158 valence electrons. The van der Waals surface area contributed by atoms with Crippen LogP contribution in [0.4, 0.5) is 0 Å². The number of sulfonamides is 1. The molecule has 0 aliphatic rings. The molecule has 0 aliphatic carbocycles. The van der Waals surface area contributed by atoms with E-state index in [1.54, 1.807) is 50.4 Å². The first-order valence-corrected chi connectivity index (χ1v) is 10.4. The number of hydrogen-bond acceptors (Lipinski definition) is 6. The molecule has 0 saturated heterocycles. The van der Waals surface area contributed by atoms with Crippen molar-refractivity contribution in [2.75, 3.05) is 34.4 Å². The molecule has 0 radical (unpaired) electrons. The Morgan fingerprint density at radius 3 is 1.97 bits per heavy atom. The topological polar surface area (TPSA) is 94.2 Å². The number of hydrogen-bond donors (Lipinski definition) is 1. The number of benzene rings is 2. The summed E-state index contributed by atoms with van der Waals surface area (Å²) in [5.74, 6) is 1.50. The second-order valence-electron chi connectivity index (χ2n) is 6.39. The third-order valence-corrected chi connectivity index (χ3v) is 5.92. The molecule has 1 atom stereocenters. The third kappa shape index (κ3) is 6.37. The van der Waals surface area contributed by atoms with Crippen molar-refractivity contribution in [3.63, 3.8) is 0 Å². The molecule has 0 bridgehead atoms. The van der Waals surface area contributed by atoms with E-state index in [9.17, 15) is 13.2 Å². The Labute approximate surface area is 171 Å². The van der Waals surface area contributed by atoms with E-state index in [0.29, 0.717) is 11.5 Å². The van der Waals surface area contributed by atoms with Crippen molar-refractivity contribution in [1.29, 1.82) is 0 Å². The average Bonchev–Trinajstić information content (AvgIpc) is 2.72. The van der Waals surface area contributed by atoms with Gasteiger partial charge in [-0.3, -0.25) is 4.79 Å². The molecule has 0 spiro atoms. The molecule has 0 aliphatic heterocycles. The van der Waals surface area contributed by atoms with Crippen molar-refractivity contribution in [3.8, 4) is 17.2 Å². The number of amides is 1. The molecule has 0 heterocycles. The lowest BCUT2D eigenvalue weighted by Crippen LogP contribution is -2.43. The van der Waals surface area contributed by atoms with Gasteiger partial charge in [-0.2, -0.15) is 4.31 Å². The van der Waals surface area contributed by atoms with E-state index in [-0.39, 0.29) is 24.1 Å². The van der Waals surface area contributed by atoms with E-state index in [1.807, 2.05) is 0 Å². The van der Waals surface area contributed by atoms with Gasteiger partial charge in [0.2, 0.25) is 15.9 Å². The van der Waals surface area contributed by atoms with Crippen LogP contribution in [0.15, 0.2) is 53.4 Å². The first-order chi connectivity index (χ1) is 13.8. The number of methoxy groups -OCH3 is 2. The minimum atomic E-state index is -3.78. The molecular formula is C20H26N2O6S. The number of nitrogens with zero attached hydrogens (tertiary/aromatic N) is 1. The summed E-state index contributed by atoms with van der Waals surface area (Å²) in [6, 6.07) is 12.8. The zero-order chi connectivity index (χ0) is 21.4. The molecule has 2 aromatic carbocycles. The highest BCUT2D eigenvalue weighted by Crippen LogP contribution is 2.19. The van der Waals surface area contributed by atoms with Crippen LogP contribution in [0.25, 0.3) is 0 Å². The molecule has 2 rings (SSSR count). The number of carbonyl (C=O) groups is 1. The predicted octanol–water partition coefficient (Wildman–Crippen LogP) is 1.91. The standard InChI is InChI=1S/C20H26N2O6S/c1-15(14-28-18-7-5-16(26-3)6-8-18)21-20(23)13-22(2)29(24,25)19-11-9-17(27-4)10-12-19/h5-12,15H,13-14H2,1-4H3,(H,21,23)/t15-/m0/s1. The third-order valence-electron chi connectivity index (χ3n) is 4.10. The lowest BCUT2D eigenvalue weighted by Gasteiger charge is -2.19. The summed E-state index contributed by atoms with van der Waals surface area (Å²) in [7, 11) is 0.658. The molecule has 8 nitrogen and oxygen atoms in total. The average molecular weight is 423 g/mol. The van der Waals surface area contributed by atoms with Crippen LogP contribution in [-0.4, -0.2) is 59.1 Å². The van der Waals surface area contributed by atoms with Gasteiger partial charge in [-0.1, -0.05) is 0 Å². The van der Waals surface area contributed by atoms with Gasteiger partial charge in [-0.15, -0.1) is 0 Å². The zero-order valence-electron chi connectivity index (χ0n) is 16.9. The van der Waals surface area contributed by atoms with Gasteiger partial charge < -0.3 is 19.5 Å². The summed E-state index contributed by atoms with van der Waals surface area (Å²) in [6.45, 7) is 1.72. The summed E-state index contributed by atoms with van der Waals surface area (Å²) in [4.78, 5) is 12.3. The Bertz CT molecular complexity index is 898. The second-order valence-corrected chi connectivity index (χ2v) is 8.44. The van der Waals surface area contributed by atoms with E-state index in [4.69, 9.17) is 14.2 Å². The van der Waals surface area contributed by atoms with Gasteiger partial charge in [0, 0.05) is 7.05 Å². The number of carbonyl (C=O) groups excluding carboxylic acids is 1. The number of rotatable bonds is 10. The first-order valence-electron chi connectivity index (χ1n) is 8.93. The SMILES string of the molecule is COc1ccc(OC[C@H](C)NC(=O)CN(C)S(=O)(=O)c2ccc(OC)cc2)cc1. The summed E-state index contributed by atoms with van der Waals surface area (Å²) >= 11 is 0. The lowest BCUT2D eigenvalue weighted by molar-refractivity contribution is -0.121. The van der Waals surface area contributed by atoms with Crippen molar-refractivity contribution < 1.29 is 27.4 Å². The molecule has 0 unspecified atom stereocenters. The van der Waals surface area contributed by atoms with Crippen LogP contribution in [0.3, 0.4) is 0 Å². The van der Waals surface area contributed by atoms with E-state index >= 15 is 0 Å². The summed E-state index contributed by atoms with van der Waals surface area (Å²) < 4.78 is 41.9. The predicted molar refractivity (Wildman–Crippen MR) is 109 cm³/mol. The van der Waals surface area contributed by atoms with Crippen molar-refractivity contribution in [3.05, 3.63) is 48.5 Å². The van der Waals surface area contributed by atoms with Crippen LogP contribution in [0.2, 0.25) is 0 Å². The zero-order valence-corrected chi connectivity index (χ0v) is 17.7. The largest absolute Gasteiger partial charge is 0.497 e. The quantitative estimate of drug-likeness (QED) is 0.629. The molecule has 1 N–H and O–H groups in total. The van der Waals surface area contributed by atoms with Crippen molar-refractivity contribution >= 4 is 15.9 Å². The first kappa shape index (κ1) is 22.5. The van der Waals surface area contributed by atoms with Gasteiger partial charge in [-0.05, 0) is 55.5 Å². The minimum absolute atomic E-state index is 0.0875. The van der Waals surface area contributed by atoms with Gasteiger partial charge in [-0.25, -0.2) is 8.42 Å². The van der Waals surface area contributed by atoms with E-state index in [1.165, 1.54) is 26.3 Å². The Kier molecular flexibility index (Phi) is 7.86. The summed E-state index contributed by atoms with van der Waals surface area (Å²) in [6.07, 6.45) is 0. The second kappa shape index (κ2) is 10.1. The molecule has 0 saturated carbocycles. The Balaban J connectivity index is 1.85. The normalized spacial score (nSPS) is 12.3. The monoisotopic (exact) mass is 422 g/mol. The number of likely N-dealkylation sites (N-methyl/N-ethyl adjacent to an activating group) is 1. The highest BCUT2D eigenvalue weighted by atomic mass is 32.2. The van der Waals surface area contributed by atoms with Crippen LogP contribution < -0.4 is 19.5 Å². The fraction of sp³-hybridized carbons (Fsp3) is 0.350. The van der Waals surface area contributed by atoms with Gasteiger partial charge in [0.25, 0.3) is 0 Å². The van der Waals surface area contributed by atoms with E-state index < -0.39 is 15.9 Å². The molecule has 0 fully saturated rings. The summed E-state index contributed by atoms with van der Waals surface area (Å²) in [5.41, 5.74) is 0. The smallest absolute Gasteiger partial charge is 0.243 e. The van der Waals surface area contributed by atoms with Gasteiger partial charge >= 0.3 is 0 Å². The van der Waals surface area contributed by atoms with Crippen LogP contribution >= 0.6 is 0 Å². The van der Waals surface area contributed by atoms with Gasteiger partial charge in [0.1, 0.15) is 23.9 Å². The Hall–Kier alpha value is -2.78. The van der Waals surface area contributed by atoms with Gasteiger partial charge in [0.15, 0.2) is 0 Å². The van der Waals surface area contributed by atoms with Crippen LogP contribution in [-0.2, 0) is 14.8 Å². The van der Waals surface area contributed by atoms with Crippen LogP contribution in [0.5, 0.6) is 17.2 Å². The maximum absolute atomic E-state index is 12.6. The fourth-order valence-corrected chi connectivity index (χ4v) is 3.60. The molecule has 29 heavy (non-hydrogen) atoms. The van der Waals surface area contributed by atoms with E-state index in [2.05, 4.69) is 5.32 Å². The fourth-order valence-electron chi connectivity index (χ4n) is 2.47. The highest BCUT2D eigenvalue weighted by molar-refractivity contribution is 7.89. The number of ether oxygens (including phenoxy) is 3. The van der Waals surface area contributed by atoms with Crippen molar-refractivity contribution in [2.45, 2.75) is 17.9 Å². The molecule has 2 aromatic rings. The number of nitrogens with one attached hydrogen (secondary N) is 1. The van der Waals surface area contributed by atoms with Gasteiger partial charge in [0.05, 0.1) is 31.7 Å². The maximum Gasteiger partial charge on any atom is 0.243 e. The highest BCUT2D eigenvalue weighted by Gasteiger charge is 2.23. The van der Waals surface area contributed by atoms with Crippen LogP contribution in [0, 0.1) is 0 Å².